The molecule has 1 aliphatic heterocycles. The molecule has 0 N–H and O–H groups in total. The summed E-state index contributed by atoms with van der Waals surface area (Å²) in [6, 6.07) is 0.517. The molecule has 1 aliphatic rings. The Labute approximate surface area is 119 Å². The molecule has 9 heteroatoms. The molecule has 2 rings (SSSR count). The highest BCUT2D eigenvalue weighted by Gasteiger charge is 2.30. The van der Waals surface area contributed by atoms with Crippen molar-refractivity contribution in [1.29, 1.82) is 0 Å². The Morgan fingerprint density at radius 3 is 2.85 bits per heavy atom. The third kappa shape index (κ3) is 4.62. The lowest BCUT2D eigenvalue weighted by Gasteiger charge is -2.32. The van der Waals surface area contributed by atoms with E-state index < -0.39 is 12.7 Å². The fraction of sp³-hybridized carbons (Fsp3) is 0.909. The second kappa shape index (κ2) is 6.75. The third-order valence-electron chi connectivity index (χ3n) is 3.43. The Balaban J connectivity index is 1.81. The average Bonchev–Trinajstić information content (AvgIpc) is 2.77. The van der Waals surface area contributed by atoms with Crippen LogP contribution in [0.15, 0.2) is 5.16 Å². The summed E-state index contributed by atoms with van der Waals surface area (Å²) in [5.74, 6) is 0.729. The maximum atomic E-state index is 12.3. The first-order valence-electron chi connectivity index (χ1n) is 6.61. The van der Waals surface area contributed by atoms with Gasteiger partial charge in [-0.05, 0) is 43.3 Å². The van der Waals surface area contributed by atoms with Crippen LogP contribution >= 0.6 is 11.8 Å². The summed E-state index contributed by atoms with van der Waals surface area (Å²) >= 11 is 1.29. The smallest absolute Gasteiger partial charge is 0.303 e. The lowest BCUT2D eigenvalue weighted by atomic mass is 10.0. The Hall–Kier alpha value is -0.830. The standard InChI is InChI=1S/C11H18F3N5S/c1-18-6-3-2-4-9(18)5-7-20-10-15-16-17-19(10)8-11(12,13)14/h9H,2-8H2,1H3/t9-/m0/s1. The van der Waals surface area contributed by atoms with E-state index in [4.69, 9.17) is 0 Å². The first-order valence-corrected chi connectivity index (χ1v) is 7.60. The second-order valence-electron chi connectivity index (χ2n) is 5.00. The minimum absolute atomic E-state index is 0.237. The van der Waals surface area contributed by atoms with Crippen molar-refractivity contribution in [3.8, 4) is 0 Å². The molecule has 0 spiro atoms. The topological polar surface area (TPSA) is 46.8 Å². The van der Waals surface area contributed by atoms with Crippen LogP contribution in [0, 0.1) is 0 Å². The zero-order valence-corrected chi connectivity index (χ0v) is 12.1. The number of hydrogen-bond donors (Lipinski definition) is 0. The summed E-state index contributed by atoms with van der Waals surface area (Å²) in [5.41, 5.74) is 0. The van der Waals surface area contributed by atoms with Gasteiger partial charge in [-0.3, -0.25) is 0 Å². The van der Waals surface area contributed by atoms with Crippen molar-refractivity contribution in [3.05, 3.63) is 0 Å². The summed E-state index contributed by atoms with van der Waals surface area (Å²) in [7, 11) is 2.10. The van der Waals surface area contributed by atoms with Gasteiger partial charge in [0, 0.05) is 11.8 Å². The van der Waals surface area contributed by atoms with Gasteiger partial charge in [0.15, 0.2) is 0 Å². The minimum atomic E-state index is -4.30. The number of thioether (sulfide) groups is 1. The molecule has 114 valence electrons. The summed E-state index contributed by atoms with van der Waals surface area (Å²) in [5, 5.41) is 10.6. The number of nitrogens with zero attached hydrogens (tertiary/aromatic N) is 5. The van der Waals surface area contributed by atoms with Gasteiger partial charge in [-0.1, -0.05) is 18.2 Å². The second-order valence-corrected chi connectivity index (χ2v) is 6.06. The van der Waals surface area contributed by atoms with E-state index in [1.54, 1.807) is 0 Å². The highest BCUT2D eigenvalue weighted by molar-refractivity contribution is 7.99. The molecule has 0 bridgehead atoms. The highest BCUT2D eigenvalue weighted by Crippen LogP contribution is 2.24. The average molecular weight is 309 g/mol. The number of piperidine rings is 1. The monoisotopic (exact) mass is 309 g/mol. The third-order valence-corrected chi connectivity index (χ3v) is 4.42. The lowest BCUT2D eigenvalue weighted by molar-refractivity contribution is -0.144. The van der Waals surface area contributed by atoms with E-state index >= 15 is 0 Å². The summed E-state index contributed by atoms with van der Waals surface area (Å²) in [6.07, 6.45) is 0.258. The van der Waals surface area contributed by atoms with Crippen molar-refractivity contribution >= 4 is 11.8 Å². The van der Waals surface area contributed by atoms with E-state index in [0.29, 0.717) is 6.04 Å². The molecular weight excluding hydrogens is 291 g/mol. The number of tetrazole rings is 1. The predicted molar refractivity (Wildman–Crippen MR) is 69.5 cm³/mol. The van der Waals surface area contributed by atoms with E-state index in [2.05, 4.69) is 27.5 Å². The van der Waals surface area contributed by atoms with Crippen LogP contribution < -0.4 is 0 Å². The van der Waals surface area contributed by atoms with Crippen LogP contribution in [-0.4, -0.2) is 56.7 Å². The zero-order valence-electron chi connectivity index (χ0n) is 11.3. The van der Waals surface area contributed by atoms with Gasteiger partial charge in [0.05, 0.1) is 0 Å². The van der Waals surface area contributed by atoms with Crippen LogP contribution in [0.5, 0.6) is 0 Å². The van der Waals surface area contributed by atoms with Crippen molar-refractivity contribution in [1.82, 2.24) is 25.1 Å². The molecule has 1 saturated heterocycles. The van der Waals surface area contributed by atoms with Crippen molar-refractivity contribution in [2.75, 3.05) is 19.3 Å². The van der Waals surface area contributed by atoms with E-state index in [1.165, 1.54) is 24.6 Å². The van der Waals surface area contributed by atoms with Crippen LogP contribution in [0.2, 0.25) is 0 Å². The molecule has 0 saturated carbocycles. The molecule has 0 radical (unpaired) electrons. The Bertz CT molecular complexity index is 422. The van der Waals surface area contributed by atoms with Gasteiger partial charge in [0.2, 0.25) is 5.16 Å². The summed E-state index contributed by atoms with van der Waals surface area (Å²) in [4.78, 5) is 2.32. The van der Waals surface area contributed by atoms with Gasteiger partial charge in [0.1, 0.15) is 6.54 Å². The maximum absolute atomic E-state index is 12.3. The summed E-state index contributed by atoms with van der Waals surface area (Å²) < 4.78 is 37.8. The van der Waals surface area contributed by atoms with Gasteiger partial charge >= 0.3 is 6.18 Å². The molecule has 0 aliphatic carbocycles. The molecule has 0 aromatic carbocycles. The molecule has 0 amide bonds. The number of hydrogen-bond acceptors (Lipinski definition) is 5. The van der Waals surface area contributed by atoms with Crippen LogP contribution in [0.3, 0.4) is 0 Å². The minimum Gasteiger partial charge on any atom is -0.303 e. The molecule has 1 atom stereocenters. The van der Waals surface area contributed by atoms with Gasteiger partial charge in [-0.25, -0.2) is 4.68 Å². The Morgan fingerprint density at radius 2 is 2.15 bits per heavy atom. The molecule has 1 fully saturated rings. The molecular formula is C11H18F3N5S. The Morgan fingerprint density at radius 1 is 1.35 bits per heavy atom. The molecule has 2 heterocycles. The predicted octanol–water partition coefficient (Wildman–Crippen LogP) is 2.20. The van der Waals surface area contributed by atoms with E-state index in [0.717, 1.165) is 29.8 Å². The van der Waals surface area contributed by atoms with Gasteiger partial charge < -0.3 is 4.90 Å². The van der Waals surface area contributed by atoms with Gasteiger partial charge in [-0.15, -0.1) is 5.10 Å². The molecule has 1 aromatic rings. The first-order chi connectivity index (χ1) is 9.46. The van der Waals surface area contributed by atoms with Gasteiger partial charge in [0.25, 0.3) is 0 Å². The van der Waals surface area contributed by atoms with Crippen molar-refractivity contribution < 1.29 is 13.2 Å². The van der Waals surface area contributed by atoms with E-state index in [-0.39, 0.29) is 5.16 Å². The number of aromatic nitrogens is 4. The van der Waals surface area contributed by atoms with E-state index in [1.807, 2.05) is 0 Å². The van der Waals surface area contributed by atoms with Crippen molar-refractivity contribution in [2.45, 2.75) is 49.6 Å². The van der Waals surface area contributed by atoms with Crippen LogP contribution in [0.4, 0.5) is 13.2 Å². The highest BCUT2D eigenvalue weighted by atomic mass is 32.2. The van der Waals surface area contributed by atoms with E-state index in [9.17, 15) is 13.2 Å². The fourth-order valence-corrected chi connectivity index (χ4v) is 3.28. The van der Waals surface area contributed by atoms with Crippen LogP contribution in [-0.2, 0) is 6.54 Å². The maximum Gasteiger partial charge on any atom is 0.408 e. The first kappa shape index (κ1) is 15.6. The molecule has 1 aromatic heterocycles. The fourth-order valence-electron chi connectivity index (χ4n) is 2.36. The molecule has 5 nitrogen and oxygen atoms in total. The zero-order chi connectivity index (χ0) is 14.6. The SMILES string of the molecule is CN1CCCC[C@H]1CCSc1nnnn1CC(F)(F)F. The number of rotatable bonds is 5. The molecule has 20 heavy (non-hydrogen) atoms. The number of alkyl halides is 3. The number of likely N-dealkylation sites (tertiary alicyclic amines) is 1. The lowest BCUT2D eigenvalue weighted by Crippen LogP contribution is -2.36. The quantitative estimate of drug-likeness (QED) is 0.780. The van der Waals surface area contributed by atoms with Crippen molar-refractivity contribution in [2.24, 2.45) is 0 Å². The normalized spacial score (nSPS) is 21.3. The van der Waals surface area contributed by atoms with Crippen LogP contribution in [0.25, 0.3) is 0 Å². The number of halogens is 3. The molecule has 0 unspecified atom stereocenters. The Kier molecular flexibility index (Phi) is 5.25. The largest absolute Gasteiger partial charge is 0.408 e. The van der Waals surface area contributed by atoms with Crippen molar-refractivity contribution in [3.63, 3.8) is 0 Å². The summed E-state index contributed by atoms with van der Waals surface area (Å²) in [6.45, 7) is -0.0349. The van der Waals surface area contributed by atoms with Crippen LogP contribution in [0.1, 0.15) is 25.7 Å². The van der Waals surface area contributed by atoms with Gasteiger partial charge in [-0.2, -0.15) is 13.2 Å².